The number of carbonyl (C=O) groups is 2. The van der Waals surface area contributed by atoms with Crippen LogP contribution in [0.5, 0.6) is 0 Å². The summed E-state index contributed by atoms with van der Waals surface area (Å²) in [7, 11) is 0. The number of aromatic nitrogens is 1. The first-order chi connectivity index (χ1) is 17.0. The SMILES string of the molecule is C#C[C@@H]1C[C@H](C(=O)N[C@@H](c2cc(F)c(Cl)cc2F)C2COC2)N(C(=O)c2cncc(C(F)(F)F)c2)C1. The summed E-state index contributed by atoms with van der Waals surface area (Å²) >= 11 is 5.65. The zero-order valence-electron chi connectivity index (χ0n) is 18.5. The molecule has 1 aromatic heterocycles. The van der Waals surface area contributed by atoms with Crippen LogP contribution in [0.3, 0.4) is 0 Å². The van der Waals surface area contributed by atoms with Gasteiger partial charge in [0.15, 0.2) is 0 Å². The Kier molecular flexibility index (Phi) is 7.20. The molecule has 1 N–H and O–H groups in total. The van der Waals surface area contributed by atoms with Gasteiger partial charge in [0.05, 0.1) is 35.4 Å². The summed E-state index contributed by atoms with van der Waals surface area (Å²) in [5.74, 6) is -1.76. The molecule has 1 aromatic carbocycles. The fourth-order valence-electron chi connectivity index (χ4n) is 4.23. The van der Waals surface area contributed by atoms with Crippen LogP contribution in [-0.2, 0) is 15.7 Å². The number of carbonyl (C=O) groups excluding carboxylic acids is 2. The van der Waals surface area contributed by atoms with Crippen LogP contribution in [0, 0.1) is 35.8 Å². The fourth-order valence-corrected chi connectivity index (χ4v) is 4.38. The largest absolute Gasteiger partial charge is 0.417 e. The van der Waals surface area contributed by atoms with Gasteiger partial charge in [0, 0.05) is 36.3 Å². The van der Waals surface area contributed by atoms with E-state index < -0.39 is 58.2 Å². The molecule has 36 heavy (non-hydrogen) atoms. The fraction of sp³-hybridized carbons (Fsp3) is 0.375. The summed E-state index contributed by atoms with van der Waals surface area (Å²) in [4.78, 5) is 31.0. The van der Waals surface area contributed by atoms with E-state index in [-0.39, 0.29) is 43.2 Å². The maximum atomic E-state index is 14.7. The lowest BCUT2D eigenvalue weighted by atomic mass is 9.90. The molecule has 2 saturated heterocycles. The molecule has 0 unspecified atom stereocenters. The molecule has 0 radical (unpaired) electrons. The number of halogens is 6. The Labute approximate surface area is 207 Å². The number of alkyl halides is 3. The van der Waals surface area contributed by atoms with Gasteiger partial charge in [-0.05, 0) is 24.6 Å². The number of likely N-dealkylation sites (tertiary alicyclic amines) is 1. The zero-order valence-corrected chi connectivity index (χ0v) is 19.2. The minimum Gasteiger partial charge on any atom is -0.381 e. The van der Waals surface area contributed by atoms with Gasteiger partial charge in [-0.25, -0.2) is 8.78 Å². The van der Waals surface area contributed by atoms with Gasteiger partial charge in [0.1, 0.15) is 17.7 Å². The van der Waals surface area contributed by atoms with E-state index in [1.165, 1.54) is 0 Å². The summed E-state index contributed by atoms with van der Waals surface area (Å²) in [6.07, 6.45) is 2.36. The van der Waals surface area contributed by atoms with Crippen molar-refractivity contribution in [3.8, 4) is 12.3 Å². The topological polar surface area (TPSA) is 71.5 Å². The van der Waals surface area contributed by atoms with Crippen LogP contribution >= 0.6 is 11.6 Å². The average molecular weight is 528 g/mol. The molecule has 2 fully saturated rings. The third-order valence-corrected chi connectivity index (χ3v) is 6.51. The Balaban J connectivity index is 1.61. The highest BCUT2D eigenvalue weighted by molar-refractivity contribution is 6.30. The maximum absolute atomic E-state index is 14.7. The summed E-state index contributed by atoms with van der Waals surface area (Å²) in [6.45, 7) is 0.264. The van der Waals surface area contributed by atoms with Gasteiger partial charge in [-0.1, -0.05) is 11.6 Å². The summed E-state index contributed by atoms with van der Waals surface area (Å²) in [6, 6.07) is 0.169. The smallest absolute Gasteiger partial charge is 0.381 e. The maximum Gasteiger partial charge on any atom is 0.417 e. The molecule has 3 atom stereocenters. The predicted molar refractivity (Wildman–Crippen MR) is 118 cm³/mol. The second-order valence-electron chi connectivity index (χ2n) is 8.60. The molecule has 2 aliphatic rings. The van der Waals surface area contributed by atoms with Crippen LogP contribution in [0.2, 0.25) is 5.02 Å². The van der Waals surface area contributed by atoms with Crippen LogP contribution in [-0.4, -0.2) is 47.5 Å². The summed E-state index contributed by atoms with van der Waals surface area (Å²) in [5, 5.41) is 2.23. The van der Waals surface area contributed by atoms with Gasteiger partial charge < -0.3 is 15.0 Å². The second-order valence-corrected chi connectivity index (χ2v) is 9.01. The Morgan fingerprint density at radius 2 is 1.92 bits per heavy atom. The zero-order chi connectivity index (χ0) is 26.2. The molecular formula is C24H19ClF5N3O3. The minimum absolute atomic E-state index is 0.0335. The number of amides is 2. The molecule has 12 heteroatoms. The van der Waals surface area contributed by atoms with Crippen molar-refractivity contribution in [1.82, 2.24) is 15.2 Å². The van der Waals surface area contributed by atoms with Gasteiger partial charge in [-0.2, -0.15) is 13.2 Å². The lowest BCUT2D eigenvalue weighted by Gasteiger charge is -2.36. The second kappa shape index (κ2) is 10.0. The van der Waals surface area contributed by atoms with Crippen molar-refractivity contribution in [1.29, 1.82) is 0 Å². The lowest BCUT2D eigenvalue weighted by molar-refractivity contribution is -0.138. The average Bonchev–Trinajstić information content (AvgIpc) is 3.23. The van der Waals surface area contributed by atoms with Crippen LogP contribution in [0.25, 0.3) is 0 Å². The van der Waals surface area contributed by atoms with E-state index in [4.69, 9.17) is 22.8 Å². The number of ether oxygens (including phenoxy) is 1. The number of pyridine rings is 1. The Morgan fingerprint density at radius 3 is 2.53 bits per heavy atom. The first kappa shape index (κ1) is 25.9. The molecule has 0 saturated carbocycles. The van der Waals surface area contributed by atoms with Crippen LogP contribution in [0.1, 0.15) is 33.9 Å². The van der Waals surface area contributed by atoms with Gasteiger partial charge in [0.2, 0.25) is 5.91 Å². The molecule has 0 spiro atoms. The van der Waals surface area contributed by atoms with Crippen molar-refractivity contribution in [3.05, 3.63) is 63.9 Å². The number of nitrogens with one attached hydrogen (secondary N) is 1. The van der Waals surface area contributed by atoms with E-state index in [1.807, 2.05) is 0 Å². The van der Waals surface area contributed by atoms with E-state index in [2.05, 4.69) is 16.2 Å². The number of rotatable bonds is 5. The van der Waals surface area contributed by atoms with Crippen LogP contribution in [0.15, 0.2) is 30.6 Å². The van der Waals surface area contributed by atoms with Crippen LogP contribution < -0.4 is 5.32 Å². The van der Waals surface area contributed by atoms with Gasteiger partial charge in [-0.3, -0.25) is 14.6 Å². The molecule has 4 rings (SSSR count). The van der Waals surface area contributed by atoms with Crippen molar-refractivity contribution >= 4 is 23.4 Å². The normalized spacial score (nSPS) is 21.0. The molecule has 2 aromatic rings. The van der Waals surface area contributed by atoms with Gasteiger partial charge in [-0.15, -0.1) is 12.3 Å². The predicted octanol–water partition coefficient (Wildman–Crippen LogP) is 4.00. The first-order valence-corrected chi connectivity index (χ1v) is 11.2. The summed E-state index contributed by atoms with van der Waals surface area (Å²) in [5.41, 5.74) is -1.63. The van der Waals surface area contributed by atoms with Crippen molar-refractivity contribution in [2.24, 2.45) is 11.8 Å². The van der Waals surface area contributed by atoms with Crippen LogP contribution in [0.4, 0.5) is 22.0 Å². The molecule has 6 nitrogen and oxygen atoms in total. The standard InChI is InChI=1S/C24H19ClF5N3O3/c1-2-12-3-20(33(9-12)23(35)13-4-15(8-31-7-13)24(28,29)30)22(34)32-21(14-10-36-11-14)16-5-19(27)17(25)6-18(16)26/h1,4-8,12,14,20-21H,3,9-11H2,(H,32,34)/t12-,20-,21-/m1/s1. The van der Waals surface area contributed by atoms with E-state index in [0.29, 0.717) is 12.3 Å². The van der Waals surface area contributed by atoms with Crippen molar-refractivity contribution in [3.63, 3.8) is 0 Å². The summed E-state index contributed by atoms with van der Waals surface area (Å²) < 4.78 is 73.2. The number of benzene rings is 1. The van der Waals surface area contributed by atoms with Gasteiger partial charge in [0.25, 0.3) is 5.91 Å². The molecular weight excluding hydrogens is 509 g/mol. The molecule has 190 valence electrons. The van der Waals surface area contributed by atoms with Crippen molar-refractivity contribution < 1.29 is 36.3 Å². The number of hydrogen-bond donors (Lipinski definition) is 1. The highest BCUT2D eigenvalue weighted by Crippen LogP contribution is 2.34. The molecule has 2 amide bonds. The van der Waals surface area contributed by atoms with Crippen molar-refractivity contribution in [2.75, 3.05) is 19.8 Å². The third kappa shape index (κ3) is 5.15. The lowest BCUT2D eigenvalue weighted by Crippen LogP contribution is -2.50. The van der Waals surface area contributed by atoms with E-state index >= 15 is 0 Å². The Morgan fingerprint density at radius 1 is 1.19 bits per heavy atom. The Hall–Kier alpha value is -3.23. The highest BCUT2D eigenvalue weighted by atomic mass is 35.5. The van der Waals surface area contributed by atoms with E-state index in [0.717, 1.165) is 23.2 Å². The molecule has 0 aliphatic carbocycles. The first-order valence-electron chi connectivity index (χ1n) is 10.8. The number of hydrogen-bond acceptors (Lipinski definition) is 4. The number of terminal acetylenes is 1. The molecule has 2 aliphatic heterocycles. The monoisotopic (exact) mass is 527 g/mol. The quantitative estimate of drug-likeness (QED) is 0.362. The minimum atomic E-state index is -4.72. The number of nitrogens with zero attached hydrogens (tertiary/aromatic N) is 2. The van der Waals surface area contributed by atoms with E-state index in [9.17, 15) is 31.5 Å². The molecule has 0 bridgehead atoms. The Bertz CT molecular complexity index is 1230. The third-order valence-electron chi connectivity index (χ3n) is 6.22. The van der Waals surface area contributed by atoms with Crippen molar-refractivity contribution in [2.45, 2.75) is 24.7 Å². The highest BCUT2D eigenvalue weighted by Gasteiger charge is 2.42. The van der Waals surface area contributed by atoms with E-state index in [1.54, 1.807) is 0 Å². The van der Waals surface area contributed by atoms with Gasteiger partial charge >= 0.3 is 6.18 Å². The molecule has 3 heterocycles.